The van der Waals surface area contributed by atoms with Crippen LogP contribution in [0, 0.1) is 11.8 Å². The first kappa shape index (κ1) is 15.2. The summed E-state index contributed by atoms with van der Waals surface area (Å²) in [4.78, 5) is 16.0. The monoisotopic (exact) mass is 262 g/mol. The second-order valence-corrected chi connectivity index (χ2v) is 4.56. The van der Waals surface area contributed by atoms with Crippen molar-refractivity contribution in [2.45, 2.75) is 25.9 Å². The van der Waals surface area contributed by atoms with Gasteiger partial charge in [-0.2, -0.15) is 0 Å². The Hall–Kier alpha value is -1.90. The Balaban J connectivity index is 2.69. The van der Waals surface area contributed by atoms with E-state index in [0.717, 1.165) is 0 Å². The molecule has 0 saturated heterocycles. The van der Waals surface area contributed by atoms with Crippen LogP contribution in [0.25, 0.3) is 0 Å². The lowest BCUT2D eigenvalue weighted by Crippen LogP contribution is -2.29. The third-order valence-corrected chi connectivity index (χ3v) is 2.45. The topological polar surface area (TPSA) is 71.5 Å². The van der Waals surface area contributed by atoms with Gasteiger partial charge < -0.3 is 15.2 Å². The zero-order valence-electron chi connectivity index (χ0n) is 11.4. The Morgan fingerprint density at radius 3 is 2.89 bits per heavy atom. The molecule has 0 radical (unpaired) electrons. The fourth-order valence-corrected chi connectivity index (χ4v) is 1.35. The average molecular weight is 262 g/mol. The van der Waals surface area contributed by atoms with Crippen LogP contribution in [0.4, 0.5) is 5.82 Å². The second-order valence-electron chi connectivity index (χ2n) is 4.56. The molecule has 1 aromatic heterocycles. The van der Waals surface area contributed by atoms with Crippen LogP contribution in [-0.4, -0.2) is 35.3 Å². The molecule has 2 N–H and O–H groups in total. The van der Waals surface area contributed by atoms with Crippen molar-refractivity contribution in [2.24, 2.45) is 0 Å². The number of nitrogens with zero attached hydrogens (tertiary/aromatic N) is 1. The molecule has 0 aromatic carbocycles. The van der Waals surface area contributed by atoms with Crippen LogP contribution >= 0.6 is 0 Å². The van der Waals surface area contributed by atoms with Gasteiger partial charge in [-0.25, -0.2) is 4.98 Å². The van der Waals surface area contributed by atoms with Crippen molar-refractivity contribution in [3.05, 3.63) is 23.9 Å². The Morgan fingerprint density at radius 1 is 1.53 bits per heavy atom. The van der Waals surface area contributed by atoms with Crippen LogP contribution in [0.2, 0.25) is 0 Å². The zero-order chi connectivity index (χ0) is 14.3. The summed E-state index contributed by atoms with van der Waals surface area (Å²) in [5, 5.41) is 11.3. The summed E-state index contributed by atoms with van der Waals surface area (Å²) in [5.74, 6) is 5.44. The first-order chi connectivity index (χ1) is 8.96. The maximum absolute atomic E-state index is 11.8. The van der Waals surface area contributed by atoms with Gasteiger partial charge in [-0.15, -0.1) is 0 Å². The highest BCUT2D eigenvalue weighted by Crippen LogP contribution is 2.14. The number of methoxy groups -OCH3 is 1. The number of amides is 1. The Bertz CT molecular complexity index is 501. The summed E-state index contributed by atoms with van der Waals surface area (Å²) in [6.07, 6.45) is 0.234. The molecular weight excluding hydrogens is 244 g/mol. The number of anilines is 1. The fraction of sp³-hybridized carbons (Fsp3) is 0.429. The quantitative estimate of drug-likeness (QED) is 0.799. The number of aliphatic hydroxyl groups excluding tert-OH is 1. The molecule has 0 atom stereocenters. The third-order valence-electron chi connectivity index (χ3n) is 2.45. The molecule has 0 fully saturated rings. The largest absolute Gasteiger partial charge is 0.384 e. The lowest BCUT2D eigenvalue weighted by Gasteiger charge is -2.21. The van der Waals surface area contributed by atoms with E-state index in [4.69, 9.17) is 9.84 Å². The average Bonchev–Trinajstić information content (AvgIpc) is 2.36. The van der Waals surface area contributed by atoms with Gasteiger partial charge in [0.15, 0.2) is 0 Å². The third kappa shape index (κ3) is 5.51. The number of rotatable bonds is 4. The predicted octanol–water partition coefficient (Wildman–Crippen LogP) is 1.18. The lowest BCUT2D eigenvalue weighted by molar-refractivity contribution is -0.121. The van der Waals surface area contributed by atoms with Crippen molar-refractivity contribution in [2.75, 3.05) is 19.0 Å². The first-order valence-electron chi connectivity index (χ1n) is 5.88. The van der Waals surface area contributed by atoms with Crippen molar-refractivity contribution < 1.29 is 14.6 Å². The van der Waals surface area contributed by atoms with E-state index in [2.05, 4.69) is 22.1 Å². The number of aliphatic hydroxyl groups is 1. The molecule has 1 heterocycles. The summed E-state index contributed by atoms with van der Waals surface area (Å²) in [6, 6.07) is 5.13. The molecule has 1 amide bonds. The van der Waals surface area contributed by atoms with E-state index in [-0.39, 0.29) is 18.9 Å². The van der Waals surface area contributed by atoms with E-state index in [1.54, 1.807) is 25.3 Å². The molecule has 0 bridgehead atoms. The Morgan fingerprint density at radius 2 is 2.26 bits per heavy atom. The molecule has 5 nitrogen and oxygen atoms in total. The van der Waals surface area contributed by atoms with Crippen LogP contribution in [0.5, 0.6) is 0 Å². The number of nitrogens with one attached hydrogen (secondary N) is 1. The van der Waals surface area contributed by atoms with E-state index in [9.17, 15) is 4.79 Å². The smallest absolute Gasteiger partial charge is 0.228 e. The number of ether oxygens (including phenoxy) is 1. The maximum Gasteiger partial charge on any atom is 0.228 e. The molecule has 5 heteroatoms. The summed E-state index contributed by atoms with van der Waals surface area (Å²) < 4.78 is 5.19. The Kier molecular flexibility index (Phi) is 5.49. The van der Waals surface area contributed by atoms with Gasteiger partial charge in [-0.05, 0) is 31.9 Å². The van der Waals surface area contributed by atoms with E-state index < -0.39 is 5.60 Å². The summed E-state index contributed by atoms with van der Waals surface area (Å²) in [6.45, 7) is 3.45. The van der Waals surface area contributed by atoms with Gasteiger partial charge in [0.2, 0.25) is 5.91 Å². The molecule has 0 saturated carbocycles. The van der Waals surface area contributed by atoms with Crippen LogP contribution in [0.3, 0.4) is 0 Å². The fourth-order valence-electron chi connectivity index (χ4n) is 1.35. The molecule has 0 aliphatic rings. The highest BCUT2D eigenvalue weighted by molar-refractivity contribution is 5.90. The van der Waals surface area contributed by atoms with Gasteiger partial charge in [0.05, 0.1) is 12.0 Å². The minimum Gasteiger partial charge on any atom is -0.384 e. The summed E-state index contributed by atoms with van der Waals surface area (Å²) >= 11 is 0. The minimum atomic E-state index is -0.515. The number of carbonyl (C=O) groups is 1. The molecule has 0 aliphatic heterocycles. The minimum absolute atomic E-state index is 0.174. The van der Waals surface area contributed by atoms with Crippen LogP contribution in [0.1, 0.15) is 26.0 Å². The zero-order valence-corrected chi connectivity index (χ0v) is 11.4. The number of pyridine rings is 1. The van der Waals surface area contributed by atoms with Crippen LogP contribution in [-0.2, 0) is 9.53 Å². The summed E-state index contributed by atoms with van der Waals surface area (Å²) in [7, 11) is 1.57. The maximum atomic E-state index is 11.8. The SMILES string of the molecule is COC(C)(C)CC(=O)Nc1cccc(C#CCO)n1. The first-order valence-corrected chi connectivity index (χ1v) is 5.88. The Labute approximate surface area is 113 Å². The van der Waals surface area contributed by atoms with Crippen molar-refractivity contribution in [1.82, 2.24) is 4.98 Å². The van der Waals surface area contributed by atoms with Gasteiger partial charge in [-0.3, -0.25) is 4.79 Å². The molecule has 0 aliphatic carbocycles. The van der Waals surface area contributed by atoms with Crippen LogP contribution in [0.15, 0.2) is 18.2 Å². The van der Waals surface area contributed by atoms with E-state index in [0.29, 0.717) is 11.5 Å². The van der Waals surface area contributed by atoms with Gasteiger partial charge >= 0.3 is 0 Å². The molecule has 1 rings (SSSR count). The second kappa shape index (κ2) is 6.88. The molecule has 0 unspecified atom stereocenters. The lowest BCUT2D eigenvalue weighted by atomic mass is 10.1. The highest BCUT2D eigenvalue weighted by Gasteiger charge is 2.21. The predicted molar refractivity (Wildman–Crippen MR) is 72.5 cm³/mol. The number of hydrogen-bond donors (Lipinski definition) is 2. The molecule has 102 valence electrons. The van der Waals surface area contributed by atoms with Crippen molar-refractivity contribution in [1.29, 1.82) is 0 Å². The number of hydrogen-bond acceptors (Lipinski definition) is 4. The molecular formula is C14H18N2O3. The standard InChI is InChI=1S/C14H18N2O3/c1-14(2,19-3)10-13(18)16-12-8-4-6-11(15-12)7-5-9-17/h4,6,8,17H,9-10H2,1-3H3,(H,15,16,18). The molecule has 19 heavy (non-hydrogen) atoms. The van der Waals surface area contributed by atoms with Gasteiger partial charge in [0.25, 0.3) is 0 Å². The molecule has 1 aromatic rings. The van der Waals surface area contributed by atoms with E-state index in [1.165, 1.54) is 0 Å². The van der Waals surface area contributed by atoms with Crippen molar-refractivity contribution in [3.8, 4) is 11.8 Å². The molecule has 0 spiro atoms. The number of aromatic nitrogens is 1. The van der Waals surface area contributed by atoms with Gasteiger partial charge in [0, 0.05) is 7.11 Å². The van der Waals surface area contributed by atoms with E-state index >= 15 is 0 Å². The highest BCUT2D eigenvalue weighted by atomic mass is 16.5. The van der Waals surface area contributed by atoms with Crippen molar-refractivity contribution in [3.63, 3.8) is 0 Å². The van der Waals surface area contributed by atoms with Gasteiger partial charge in [-0.1, -0.05) is 12.0 Å². The number of carbonyl (C=O) groups excluding carboxylic acids is 1. The van der Waals surface area contributed by atoms with Crippen LogP contribution < -0.4 is 5.32 Å². The summed E-state index contributed by atoms with van der Waals surface area (Å²) in [5.41, 5.74) is -0.0175. The normalized spacial score (nSPS) is 10.5. The van der Waals surface area contributed by atoms with Gasteiger partial charge in [0.1, 0.15) is 18.1 Å². The van der Waals surface area contributed by atoms with Crippen molar-refractivity contribution >= 4 is 11.7 Å². The van der Waals surface area contributed by atoms with E-state index in [1.807, 2.05) is 13.8 Å².